The molecule has 2 rings (SSSR count). The predicted molar refractivity (Wildman–Crippen MR) is 69.1 cm³/mol. The summed E-state index contributed by atoms with van der Waals surface area (Å²) in [4.78, 5) is 17.0. The Hall–Kier alpha value is -0.940. The Balaban J connectivity index is 1.67. The van der Waals surface area contributed by atoms with Crippen molar-refractivity contribution in [2.75, 3.05) is 6.54 Å². The monoisotopic (exact) mass is 253 g/mol. The third-order valence-electron chi connectivity index (χ3n) is 2.92. The zero-order valence-electron chi connectivity index (χ0n) is 10.3. The molecule has 5 heteroatoms. The molecule has 0 bridgehead atoms. The molecule has 0 aromatic carbocycles. The van der Waals surface area contributed by atoms with Crippen LogP contribution in [0.5, 0.6) is 0 Å². The van der Waals surface area contributed by atoms with Gasteiger partial charge in [0.1, 0.15) is 0 Å². The predicted octanol–water partition coefficient (Wildman–Crippen LogP) is 1.77. The topological polar surface area (TPSA) is 54.0 Å². The zero-order valence-corrected chi connectivity index (χ0v) is 11.1. The summed E-state index contributed by atoms with van der Waals surface area (Å²) in [6, 6.07) is 0.736. The van der Waals surface area contributed by atoms with Gasteiger partial charge in [-0.3, -0.25) is 4.79 Å². The van der Waals surface area contributed by atoms with Crippen molar-refractivity contribution in [3.05, 3.63) is 16.1 Å². The summed E-state index contributed by atoms with van der Waals surface area (Å²) in [6.45, 7) is 4.85. The van der Waals surface area contributed by atoms with Gasteiger partial charge in [-0.05, 0) is 26.7 Å². The first-order chi connectivity index (χ1) is 8.16. The number of rotatable bonds is 6. The minimum atomic E-state index is 0.160. The molecule has 4 nitrogen and oxygen atoms in total. The number of amides is 1. The van der Waals surface area contributed by atoms with Gasteiger partial charge in [0.2, 0.25) is 5.91 Å². The smallest absolute Gasteiger partial charge is 0.221 e. The molecule has 1 aliphatic rings. The van der Waals surface area contributed by atoms with E-state index in [1.165, 1.54) is 4.88 Å². The fourth-order valence-electron chi connectivity index (χ4n) is 1.75. The number of nitrogens with one attached hydrogen (secondary N) is 2. The fourth-order valence-corrected chi connectivity index (χ4v) is 2.58. The van der Waals surface area contributed by atoms with Gasteiger partial charge in [-0.25, -0.2) is 4.98 Å². The van der Waals surface area contributed by atoms with E-state index in [0.717, 1.165) is 25.1 Å². The molecular formula is C12H19N3OS. The average Bonchev–Trinajstić information content (AvgIpc) is 2.98. The molecule has 0 radical (unpaired) electrons. The maximum absolute atomic E-state index is 11.5. The van der Waals surface area contributed by atoms with Crippen molar-refractivity contribution in [2.24, 2.45) is 0 Å². The van der Waals surface area contributed by atoms with E-state index >= 15 is 0 Å². The molecule has 0 spiro atoms. The number of aryl methyl sites for hydroxylation is 1. The number of carbonyl (C=O) groups excluding carboxylic acids is 1. The molecule has 17 heavy (non-hydrogen) atoms. The lowest BCUT2D eigenvalue weighted by atomic mass is 10.2. The Labute approximate surface area is 106 Å². The summed E-state index contributed by atoms with van der Waals surface area (Å²) >= 11 is 1.66. The summed E-state index contributed by atoms with van der Waals surface area (Å²) in [5.41, 5.74) is 2.94. The fraction of sp³-hybridized carbons (Fsp3) is 0.667. The van der Waals surface area contributed by atoms with Gasteiger partial charge in [0.05, 0.1) is 11.2 Å². The molecule has 1 heterocycles. The number of thiazole rings is 1. The van der Waals surface area contributed by atoms with Gasteiger partial charge >= 0.3 is 0 Å². The van der Waals surface area contributed by atoms with E-state index in [1.54, 1.807) is 11.3 Å². The third-order valence-corrected chi connectivity index (χ3v) is 4.03. The first-order valence-electron chi connectivity index (χ1n) is 6.09. The van der Waals surface area contributed by atoms with Crippen LogP contribution >= 0.6 is 11.3 Å². The summed E-state index contributed by atoms with van der Waals surface area (Å²) in [5, 5.41) is 6.35. The lowest BCUT2D eigenvalue weighted by molar-refractivity contribution is -0.121. The van der Waals surface area contributed by atoms with E-state index in [-0.39, 0.29) is 11.9 Å². The molecular weight excluding hydrogens is 234 g/mol. The van der Waals surface area contributed by atoms with Crippen molar-refractivity contribution in [1.82, 2.24) is 15.6 Å². The van der Waals surface area contributed by atoms with E-state index in [0.29, 0.717) is 12.5 Å². The van der Waals surface area contributed by atoms with E-state index in [9.17, 15) is 4.79 Å². The molecule has 1 saturated carbocycles. The average molecular weight is 253 g/mol. The van der Waals surface area contributed by atoms with Crippen molar-refractivity contribution >= 4 is 17.2 Å². The lowest BCUT2D eigenvalue weighted by Crippen LogP contribution is -2.30. The number of hydrogen-bond acceptors (Lipinski definition) is 4. The van der Waals surface area contributed by atoms with Gasteiger partial charge in [-0.15, -0.1) is 11.3 Å². The van der Waals surface area contributed by atoms with Crippen LogP contribution in [-0.2, 0) is 4.79 Å². The number of aromatic nitrogens is 1. The molecule has 1 unspecified atom stereocenters. The van der Waals surface area contributed by atoms with Gasteiger partial charge in [-0.2, -0.15) is 0 Å². The first kappa shape index (κ1) is 12.5. The lowest BCUT2D eigenvalue weighted by Gasteiger charge is -2.12. The maximum Gasteiger partial charge on any atom is 0.221 e. The van der Waals surface area contributed by atoms with E-state index in [1.807, 2.05) is 12.4 Å². The Morgan fingerprint density at radius 1 is 1.65 bits per heavy atom. The summed E-state index contributed by atoms with van der Waals surface area (Å²) < 4.78 is 0. The molecule has 2 N–H and O–H groups in total. The van der Waals surface area contributed by atoms with Crippen LogP contribution in [0.3, 0.4) is 0 Å². The van der Waals surface area contributed by atoms with Crippen molar-refractivity contribution in [3.8, 4) is 0 Å². The molecule has 0 aliphatic heterocycles. The van der Waals surface area contributed by atoms with Gasteiger partial charge in [0.15, 0.2) is 0 Å². The van der Waals surface area contributed by atoms with E-state index in [2.05, 4.69) is 22.5 Å². The third kappa shape index (κ3) is 3.78. The summed E-state index contributed by atoms with van der Waals surface area (Å²) in [6.07, 6.45) is 2.85. The van der Waals surface area contributed by atoms with Crippen molar-refractivity contribution < 1.29 is 4.79 Å². The van der Waals surface area contributed by atoms with Gasteiger partial charge in [0.25, 0.3) is 0 Å². The van der Waals surface area contributed by atoms with Crippen LogP contribution in [0.2, 0.25) is 0 Å². The molecule has 1 fully saturated rings. The van der Waals surface area contributed by atoms with Gasteiger partial charge < -0.3 is 10.6 Å². The molecule has 1 atom stereocenters. The number of hydrogen-bond donors (Lipinski definition) is 2. The van der Waals surface area contributed by atoms with Crippen LogP contribution in [0.1, 0.15) is 42.8 Å². The van der Waals surface area contributed by atoms with Crippen molar-refractivity contribution in [1.29, 1.82) is 0 Å². The van der Waals surface area contributed by atoms with Crippen LogP contribution in [0, 0.1) is 6.92 Å². The Bertz CT molecular complexity index is 387. The SMILES string of the molecule is Cc1ncsc1C(C)NCCC(=O)NC1CC1. The first-order valence-corrected chi connectivity index (χ1v) is 6.97. The standard InChI is InChI=1S/C12H19N3OS/c1-8(12-9(2)14-7-17-12)13-6-5-11(16)15-10-3-4-10/h7-8,10,13H,3-6H2,1-2H3,(H,15,16). The van der Waals surface area contributed by atoms with Crippen LogP contribution in [-0.4, -0.2) is 23.5 Å². The molecule has 1 aromatic heterocycles. The highest BCUT2D eigenvalue weighted by molar-refractivity contribution is 7.09. The van der Waals surface area contributed by atoms with Crippen LogP contribution < -0.4 is 10.6 Å². The van der Waals surface area contributed by atoms with Crippen LogP contribution in [0.4, 0.5) is 0 Å². The Kier molecular flexibility index (Phi) is 4.12. The summed E-state index contributed by atoms with van der Waals surface area (Å²) in [7, 11) is 0. The Morgan fingerprint density at radius 2 is 2.41 bits per heavy atom. The molecule has 94 valence electrons. The highest BCUT2D eigenvalue weighted by Crippen LogP contribution is 2.21. The van der Waals surface area contributed by atoms with Gasteiger partial charge in [-0.1, -0.05) is 0 Å². The van der Waals surface area contributed by atoms with Crippen LogP contribution in [0.15, 0.2) is 5.51 Å². The highest BCUT2D eigenvalue weighted by atomic mass is 32.1. The van der Waals surface area contributed by atoms with Crippen molar-refractivity contribution in [2.45, 2.75) is 45.2 Å². The normalized spacial score (nSPS) is 16.8. The number of nitrogens with zero attached hydrogens (tertiary/aromatic N) is 1. The molecule has 1 aromatic rings. The molecule has 0 saturated heterocycles. The Morgan fingerprint density at radius 3 is 3.00 bits per heavy atom. The minimum Gasteiger partial charge on any atom is -0.353 e. The van der Waals surface area contributed by atoms with E-state index < -0.39 is 0 Å². The second-order valence-corrected chi connectivity index (χ2v) is 5.46. The molecule has 1 aliphatic carbocycles. The highest BCUT2D eigenvalue weighted by Gasteiger charge is 2.22. The summed E-state index contributed by atoms with van der Waals surface area (Å²) in [5.74, 6) is 0.160. The zero-order chi connectivity index (χ0) is 12.3. The maximum atomic E-state index is 11.5. The van der Waals surface area contributed by atoms with E-state index in [4.69, 9.17) is 0 Å². The van der Waals surface area contributed by atoms with Crippen LogP contribution in [0.25, 0.3) is 0 Å². The quantitative estimate of drug-likeness (QED) is 0.812. The second kappa shape index (κ2) is 5.60. The largest absolute Gasteiger partial charge is 0.353 e. The minimum absolute atomic E-state index is 0.160. The number of carbonyl (C=O) groups is 1. The second-order valence-electron chi connectivity index (χ2n) is 4.57. The van der Waals surface area contributed by atoms with Gasteiger partial charge in [0, 0.05) is 29.9 Å². The molecule has 1 amide bonds. The van der Waals surface area contributed by atoms with Crippen molar-refractivity contribution in [3.63, 3.8) is 0 Å².